The maximum atomic E-state index is 12.6. The molecule has 0 atom stereocenters. The highest BCUT2D eigenvalue weighted by molar-refractivity contribution is 5.79. The molecule has 0 aliphatic carbocycles. The van der Waals surface area contributed by atoms with Crippen LogP contribution in [0.25, 0.3) is 0 Å². The smallest absolute Gasteiger partial charge is 0.387 e. The molecule has 0 aliphatic rings. The number of aliphatic imine (C=N–C) groups is 1. The van der Waals surface area contributed by atoms with Gasteiger partial charge in [0.2, 0.25) is 0 Å². The van der Waals surface area contributed by atoms with Crippen molar-refractivity contribution >= 4 is 5.96 Å². The van der Waals surface area contributed by atoms with E-state index >= 15 is 0 Å². The van der Waals surface area contributed by atoms with Crippen LogP contribution in [-0.2, 0) is 6.54 Å². The summed E-state index contributed by atoms with van der Waals surface area (Å²) in [6.07, 6.45) is 2.10. The van der Waals surface area contributed by atoms with Gasteiger partial charge in [0.1, 0.15) is 11.5 Å². The van der Waals surface area contributed by atoms with Crippen LogP contribution >= 0.6 is 0 Å². The predicted molar refractivity (Wildman–Crippen MR) is 109 cm³/mol. The molecule has 0 unspecified atom stereocenters. The normalized spacial score (nSPS) is 12.0. The molecule has 0 fully saturated rings. The van der Waals surface area contributed by atoms with E-state index in [1.54, 1.807) is 12.1 Å². The van der Waals surface area contributed by atoms with Gasteiger partial charge >= 0.3 is 6.61 Å². The molecule has 2 N–H and O–H groups in total. The first-order valence-corrected chi connectivity index (χ1v) is 9.71. The fraction of sp³-hybridized carbons (Fsp3) is 0.650. The number of benzene rings is 1. The topological polar surface area (TPSA) is 58.1 Å². The Bertz CT molecular complexity index is 598. The van der Waals surface area contributed by atoms with Crippen molar-refractivity contribution in [1.29, 1.82) is 0 Å². The molecular weight excluding hydrogens is 366 g/mol. The Morgan fingerprint density at radius 1 is 1.21 bits per heavy atom. The quantitative estimate of drug-likeness (QED) is 0.320. The van der Waals surface area contributed by atoms with Gasteiger partial charge in [-0.05, 0) is 65.4 Å². The lowest BCUT2D eigenvalue weighted by atomic mass is 10.2. The summed E-state index contributed by atoms with van der Waals surface area (Å²) in [5.41, 5.74) is 0.537. The second-order valence-corrected chi connectivity index (χ2v) is 6.76. The van der Waals surface area contributed by atoms with Gasteiger partial charge in [0, 0.05) is 24.7 Å². The number of nitrogens with one attached hydrogen (secondary N) is 2. The molecule has 0 saturated carbocycles. The van der Waals surface area contributed by atoms with Crippen LogP contribution in [0.3, 0.4) is 0 Å². The van der Waals surface area contributed by atoms with E-state index in [0.29, 0.717) is 29.9 Å². The summed E-state index contributed by atoms with van der Waals surface area (Å²) in [6, 6.07) is 5.26. The SMILES string of the molecule is CCNC(=NCc1cc(OC)ccc1OC(F)F)NCCCCN(C)C(C)C. The van der Waals surface area contributed by atoms with Crippen LogP contribution in [0.2, 0.25) is 0 Å². The van der Waals surface area contributed by atoms with Gasteiger partial charge in [0.25, 0.3) is 0 Å². The fourth-order valence-corrected chi connectivity index (χ4v) is 2.47. The first kappa shape index (κ1) is 23.9. The molecule has 0 amide bonds. The largest absolute Gasteiger partial charge is 0.497 e. The zero-order valence-corrected chi connectivity index (χ0v) is 17.6. The average molecular weight is 401 g/mol. The second-order valence-electron chi connectivity index (χ2n) is 6.76. The van der Waals surface area contributed by atoms with E-state index in [-0.39, 0.29) is 12.3 Å². The summed E-state index contributed by atoms with van der Waals surface area (Å²) >= 11 is 0. The first-order valence-electron chi connectivity index (χ1n) is 9.71. The Morgan fingerprint density at radius 2 is 1.96 bits per heavy atom. The Kier molecular flexibility index (Phi) is 11.2. The zero-order chi connectivity index (χ0) is 20.9. The van der Waals surface area contributed by atoms with Crippen molar-refractivity contribution < 1.29 is 18.3 Å². The van der Waals surface area contributed by atoms with Gasteiger partial charge in [0.15, 0.2) is 5.96 Å². The zero-order valence-electron chi connectivity index (χ0n) is 17.6. The summed E-state index contributed by atoms with van der Waals surface area (Å²) in [5, 5.41) is 6.45. The molecule has 0 aromatic heterocycles. The Morgan fingerprint density at radius 3 is 2.57 bits per heavy atom. The number of alkyl halides is 2. The summed E-state index contributed by atoms with van der Waals surface area (Å²) in [5.74, 6) is 1.32. The van der Waals surface area contributed by atoms with Crippen molar-refractivity contribution in [2.24, 2.45) is 4.99 Å². The molecule has 0 aliphatic heterocycles. The molecule has 1 aromatic carbocycles. The highest BCUT2D eigenvalue weighted by atomic mass is 19.3. The number of nitrogens with zero attached hydrogens (tertiary/aromatic N) is 2. The molecule has 28 heavy (non-hydrogen) atoms. The van der Waals surface area contributed by atoms with Gasteiger partial charge in [-0.15, -0.1) is 0 Å². The van der Waals surface area contributed by atoms with Crippen molar-refractivity contribution in [2.45, 2.75) is 52.8 Å². The minimum Gasteiger partial charge on any atom is -0.497 e. The molecule has 0 radical (unpaired) electrons. The Labute approximate surface area is 167 Å². The molecule has 0 heterocycles. The van der Waals surface area contributed by atoms with Crippen molar-refractivity contribution in [3.8, 4) is 11.5 Å². The van der Waals surface area contributed by atoms with Crippen molar-refractivity contribution in [3.05, 3.63) is 23.8 Å². The Balaban J connectivity index is 2.65. The summed E-state index contributed by atoms with van der Waals surface area (Å²) in [7, 11) is 3.65. The minimum atomic E-state index is -2.88. The molecule has 160 valence electrons. The molecule has 0 saturated heterocycles. The molecule has 0 spiro atoms. The number of halogens is 2. The number of methoxy groups -OCH3 is 1. The number of guanidine groups is 1. The van der Waals surface area contributed by atoms with Crippen molar-refractivity contribution in [2.75, 3.05) is 33.8 Å². The van der Waals surface area contributed by atoms with Gasteiger partial charge in [0.05, 0.1) is 13.7 Å². The van der Waals surface area contributed by atoms with Gasteiger partial charge in [-0.25, -0.2) is 4.99 Å². The molecule has 0 bridgehead atoms. The lowest BCUT2D eigenvalue weighted by molar-refractivity contribution is -0.0504. The summed E-state index contributed by atoms with van der Waals surface area (Å²) in [6.45, 7) is 6.20. The van der Waals surface area contributed by atoms with E-state index in [1.807, 2.05) is 6.92 Å². The van der Waals surface area contributed by atoms with Gasteiger partial charge in [-0.1, -0.05) is 0 Å². The Hall–Kier alpha value is -2.09. The highest BCUT2D eigenvalue weighted by Gasteiger charge is 2.11. The molecule has 6 nitrogen and oxygen atoms in total. The molecular formula is C20H34F2N4O2. The summed E-state index contributed by atoms with van der Waals surface area (Å²) in [4.78, 5) is 6.80. The van der Waals surface area contributed by atoms with Crippen LogP contribution < -0.4 is 20.1 Å². The first-order chi connectivity index (χ1) is 13.4. The number of unbranched alkanes of at least 4 members (excludes halogenated alkanes) is 1. The van der Waals surface area contributed by atoms with Crippen LogP contribution in [0.4, 0.5) is 8.78 Å². The van der Waals surface area contributed by atoms with Crippen LogP contribution in [0.5, 0.6) is 11.5 Å². The van der Waals surface area contributed by atoms with E-state index < -0.39 is 6.61 Å². The molecule has 1 aromatic rings. The van der Waals surface area contributed by atoms with E-state index in [1.165, 1.54) is 13.2 Å². The van der Waals surface area contributed by atoms with E-state index in [9.17, 15) is 8.78 Å². The molecule has 8 heteroatoms. The minimum absolute atomic E-state index is 0.104. The van der Waals surface area contributed by atoms with Crippen LogP contribution in [0.1, 0.15) is 39.2 Å². The van der Waals surface area contributed by atoms with Crippen molar-refractivity contribution in [1.82, 2.24) is 15.5 Å². The van der Waals surface area contributed by atoms with Gasteiger partial charge in [-0.2, -0.15) is 8.78 Å². The second kappa shape index (κ2) is 13.1. The maximum Gasteiger partial charge on any atom is 0.387 e. The number of hydrogen-bond acceptors (Lipinski definition) is 4. The van der Waals surface area contributed by atoms with Crippen molar-refractivity contribution in [3.63, 3.8) is 0 Å². The third-order valence-corrected chi connectivity index (χ3v) is 4.35. The average Bonchev–Trinajstić information content (AvgIpc) is 2.65. The van der Waals surface area contributed by atoms with E-state index in [4.69, 9.17) is 4.74 Å². The lowest BCUT2D eigenvalue weighted by Crippen LogP contribution is -2.38. The van der Waals surface area contributed by atoms with Gasteiger partial charge < -0.3 is 25.0 Å². The van der Waals surface area contributed by atoms with E-state index in [0.717, 1.165) is 25.9 Å². The third kappa shape index (κ3) is 9.21. The van der Waals surface area contributed by atoms with Crippen LogP contribution in [0, 0.1) is 0 Å². The van der Waals surface area contributed by atoms with E-state index in [2.05, 4.69) is 46.2 Å². The van der Waals surface area contributed by atoms with Crippen LogP contribution in [-0.4, -0.2) is 57.3 Å². The monoisotopic (exact) mass is 400 g/mol. The maximum absolute atomic E-state index is 12.6. The lowest BCUT2D eigenvalue weighted by Gasteiger charge is -2.20. The van der Waals surface area contributed by atoms with Gasteiger partial charge in [-0.3, -0.25) is 0 Å². The number of hydrogen-bond donors (Lipinski definition) is 2. The van der Waals surface area contributed by atoms with Crippen LogP contribution in [0.15, 0.2) is 23.2 Å². The third-order valence-electron chi connectivity index (χ3n) is 4.35. The number of rotatable bonds is 12. The number of ether oxygens (including phenoxy) is 2. The highest BCUT2D eigenvalue weighted by Crippen LogP contribution is 2.26. The molecule has 1 rings (SSSR count). The predicted octanol–water partition coefficient (Wildman–Crippen LogP) is 3.47. The fourth-order valence-electron chi connectivity index (χ4n) is 2.47. The standard InChI is InChI=1S/C20H34F2N4O2/c1-6-23-20(24-11-7-8-12-26(4)15(2)3)25-14-16-13-17(27-5)9-10-18(16)28-19(21)22/h9-10,13,15,19H,6-8,11-12,14H2,1-5H3,(H2,23,24,25). The summed E-state index contributed by atoms with van der Waals surface area (Å²) < 4.78 is 35.0.